The van der Waals surface area contributed by atoms with Gasteiger partial charge >= 0.3 is 0 Å². The average molecular weight is 299 g/mol. The van der Waals surface area contributed by atoms with Crippen molar-refractivity contribution in [2.24, 2.45) is 0 Å². The molecule has 0 saturated carbocycles. The molecule has 1 aromatic rings. The molecule has 3 nitrogen and oxygen atoms in total. The molecule has 0 aliphatic heterocycles. The van der Waals surface area contributed by atoms with Crippen LogP contribution in [0, 0.1) is 0 Å². The maximum Gasteiger partial charge on any atom is 0.221 e. The van der Waals surface area contributed by atoms with Gasteiger partial charge in [-0.1, -0.05) is 34.1 Å². The summed E-state index contributed by atoms with van der Waals surface area (Å²) < 4.78 is 1.09. The molecule has 0 aliphatic rings. The van der Waals surface area contributed by atoms with Crippen molar-refractivity contribution in [1.29, 1.82) is 0 Å². The number of amides is 1. The molecule has 17 heavy (non-hydrogen) atoms. The van der Waals surface area contributed by atoms with Gasteiger partial charge in [-0.3, -0.25) is 4.79 Å². The highest BCUT2D eigenvalue weighted by Crippen LogP contribution is 2.17. The minimum Gasteiger partial charge on any atom is -0.353 e. The summed E-state index contributed by atoms with van der Waals surface area (Å²) in [5.41, 5.74) is 1.22. The Hall–Kier alpha value is -0.870. The summed E-state index contributed by atoms with van der Waals surface area (Å²) in [6.07, 6.45) is 1.36. The number of benzene rings is 1. The van der Waals surface area contributed by atoms with E-state index in [9.17, 15) is 4.79 Å². The highest BCUT2D eigenvalue weighted by molar-refractivity contribution is 9.10. The van der Waals surface area contributed by atoms with Gasteiger partial charge in [0.25, 0.3) is 0 Å². The highest BCUT2D eigenvalue weighted by atomic mass is 79.9. The Labute approximate surface area is 111 Å². The molecule has 2 N–H and O–H groups in total. The zero-order chi connectivity index (χ0) is 12.7. The first-order chi connectivity index (χ1) is 8.13. The van der Waals surface area contributed by atoms with Gasteiger partial charge in [0.15, 0.2) is 0 Å². The van der Waals surface area contributed by atoms with Crippen LogP contribution >= 0.6 is 15.9 Å². The lowest BCUT2D eigenvalue weighted by Crippen LogP contribution is -2.35. The largest absolute Gasteiger partial charge is 0.353 e. The summed E-state index contributed by atoms with van der Waals surface area (Å²) in [7, 11) is 1.85. The van der Waals surface area contributed by atoms with Crippen LogP contribution in [0.1, 0.15) is 18.9 Å². The zero-order valence-corrected chi connectivity index (χ0v) is 11.9. The first kappa shape index (κ1) is 14.2. The Balaban J connectivity index is 2.42. The Morgan fingerprint density at radius 2 is 2.12 bits per heavy atom. The SMILES string of the molecule is CNCCC(=O)NC(C)Cc1ccccc1Br. The Bertz CT molecular complexity index is 368. The fourth-order valence-electron chi connectivity index (χ4n) is 1.63. The van der Waals surface area contributed by atoms with Gasteiger partial charge in [-0.2, -0.15) is 0 Å². The first-order valence-electron chi connectivity index (χ1n) is 5.81. The van der Waals surface area contributed by atoms with Gasteiger partial charge in [0.2, 0.25) is 5.91 Å². The highest BCUT2D eigenvalue weighted by Gasteiger charge is 2.09. The molecule has 0 radical (unpaired) electrons. The second-order valence-corrected chi connectivity index (χ2v) is 4.97. The summed E-state index contributed by atoms with van der Waals surface area (Å²) in [5, 5.41) is 5.95. The molecule has 1 rings (SSSR count). The van der Waals surface area contributed by atoms with Crippen molar-refractivity contribution in [2.75, 3.05) is 13.6 Å². The van der Waals surface area contributed by atoms with Gasteiger partial charge in [-0.15, -0.1) is 0 Å². The monoisotopic (exact) mass is 298 g/mol. The van der Waals surface area contributed by atoms with Crippen molar-refractivity contribution >= 4 is 21.8 Å². The van der Waals surface area contributed by atoms with Crippen molar-refractivity contribution in [3.63, 3.8) is 0 Å². The second kappa shape index (κ2) is 7.45. The molecule has 4 heteroatoms. The van der Waals surface area contributed by atoms with Crippen LogP contribution < -0.4 is 10.6 Å². The van der Waals surface area contributed by atoms with Gasteiger partial charge in [0, 0.05) is 23.5 Å². The molecule has 0 saturated heterocycles. The molecule has 0 aliphatic carbocycles. The van der Waals surface area contributed by atoms with Crippen molar-refractivity contribution in [3.05, 3.63) is 34.3 Å². The predicted octanol–water partition coefficient (Wildman–Crippen LogP) is 2.11. The number of rotatable bonds is 6. The summed E-state index contributed by atoms with van der Waals surface area (Å²) in [6, 6.07) is 8.24. The van der Waals surface area contributed by atoms with Crippen LogP contribution in [0.4, 0.5) is 0 Å². The van der Waals surface area contributed by atoms with Crippen molar-refractivity contribution in [3.8, 4) is 0 Å². The van der Waals surface area contributed by atoms with Crippen LogP contribution in [0.5, 0.6) is 0 Å². The van der Waals surface area contributed by atoms with Gasteiger partial charge in [0.05, 0.1) is 0 Å². The summed E-state index contributed by atoms with van der Waals surface area (Å²) in [6.45, 7) is 2.74. The van der Waals surface area contributed by atoms with Crippen LogP contribution in [-0.2, 0) is 11.2 Å². The summed E-state index contributed by atoms with van der Waals surface area (Å²) in [5.74, 6) is 0.0962. The van der Waals surface area contributed by atoms with Crippen molar-refractivity contribution < 1.29 is 4.79 Å². The standard InChI is InChI=1S/C13H19BrN2O/c1-10(16-13(17)7-8-15-2)9-11-5-3-4-6-12(11)14/h3-6,10,15H,7-9H2,1-2H3,(H,16,17). The Morgan fingerprint density at radius 1 is 1.41 bits per heavy atom. The smallest absolute Gasteiger partial charge is 0.221 e. The molecule has 0 fully saturated rings. The third kappa shape index (κ3) is 5.33. The van der Waals surface area contributed by atoms with E-state index < -0.39 is 0 Å². The molecule has 0 bridgehead atoms. The fourth-order valence-corrected chi connectivity index (χ4v) is 2.08. The molecule has 0 heterocycles. The van der Waals surface area contributed by atoms with Gasteiger partial charge in [0.1, 0.15) is 0 Å². The van der Waals surface area contributed by atoms with E-state index in [0.717, 1.165) is 10.9 Å². The van der Waals surface area contributed by atoms with Crippen LogP contribution in [-0.4, -0.2) is 25.5 Å². The lowest BCUT2D eigenvalue weighted by Gasteiger charge is -2.14. The quantitative estimate of drug-likeness (QED) is 0.844. The molecule has 94 valence electrons. The average Bonchev–Trinajstić information content (AvgIpc) is 2.29. The lowest BCUT2D eigenvalue weighted by molar-refractivity contribution is -0.121. The molecule has 1 unspecified atom stereocenters. The Kier molecular flexibility index (Phi) is 6.22. The number of nitrogens with one attached hydrogen (secondary N) is 2. The molecule has 1 amide bonds. The maximum atomic E-state index is 11.5. The fraction of sp³-hybridized carbons (Fsp3) is 0.462. The van der Waals surface area contributed by atoms with E-state index in [0.29, 0.717) is 13.0 Å². The van der Waals surface area contributed by atoms with Crippen LogP contribution in [0.3, 0.4) is 0 Å². The third-order valence-corrected chi connectivity index (χ3v) is 3.27. The van der Waals surface area contributed by atoms with Crippen molar-refractivity contribution in [1.82, 2.24) is 10.6 Å². The minimum absolute atomic E-state index is 0.0962. The van der Waals surface area contributed by atoms with E-state index in [1.165, 1.54) is 5.56 Å². The number of carbonyl (C=O) groups excluding carboxylic acids is 1. The van der Waals surface area contributed by atoms with Gasteiger partial charge < -0.3 is 10.6 Å². The predicted molar refractivity (Wildman–Crippen MR) is 74.0 cm³/mol. The molecule has 1 aromatic carbocycles. The third-order valence-electron chi connectivity index (χ3n) is 2.49. The van der Waals surface area contributed by atoms with Crippen LogP contribution in [0.2, 0.25) is 0 Å². The minimum atomic E-state index is 0.0962. The van der Waals surface area contributed by atoms with E-state index >= 15 is 0 Å². The van der Waals surface area contributed by atoms with Gasteiger partial charge in [-0.25, -0.2) is 0 Å². The molecule has 1 atom stereocenters. The first-order valence-corrected chi connectivity index (χ1v) is 6.60. The number of hydrogen-bond acceptors (Lipinski definition) is 2. The number of hydrogen-bond donors (Lipinski definition) is 2. The van der Waals surface area contributed by atoms with E-state index in [1.807, 2.05) is 32.2 Å². The summed E-state index contributed by atoms with van der Waals surface area (Å²) >= 11 is 3.51. The zero-order valence-electron chi connectivity index (χ0n) is 10.3. The van der Waals surface area contributed by atoms with Crippen LogP contribution in [0.15, 0.2) is 28.7 Å². The number of carbonyl (C=O) groups is 1. The number of halogens is 1. The van der Waals surface area contributed by atoms with Crippen LogP contribution in [0.25, 0.3) is 0 Å². The molecular weight excluding hydrogens is 280 g/mol. The van der Waals surface area contributed by atoms with E-state index in [4.69, 9.17) is 0 Å². The van der Waals surface area contributed by atoms with E-state index in [-0.39, 0.29) is 11.9 Å². The van der Waals surface area contributed by atoms with E-state index in [1.54, 1.807) is 0 Å². The topological polar surface area (TPSA) is 41.1 Å². The lowest BCUT2D eigenvalue weighted by atomic mass is 10.1. The second-order valence-electron chi connectivity index (χ2n) is 4.12. The normalized spacial score (nSPS) is 12.2. The molecule has 0 aromatic heterocycles. The summed E-state index contributed by atoms with van der Waals surface area (Å²) in [4.78, 5) is 11.5. The van der Waals surface area contributed by atoms with E-state index in [2.05, 4.69) is 32.6 Å². The van der Waals surface area contributed by atoms with Gasteiger partial charge in [-0.05, 0) is 32.0 Å². The maximum absolute atomic E-state index is 11.5. The Morgan fingerprint density at radius 3 is 2.76 bits per heavy atom. The molecular formula is C13H19BrN2O. The molecule has 0 spiro atoms. The van der Waals surface area contributed by atoms with Crippen molar-refractivity contribution in [2.45, 2.75) is 25.8 Å².